The SMILES string of the molecule is Cl.Cl.Cl.Oc1ccccc1.Oc1ccccc1. The molecule has 0 aromatic heterocycles. The molecule has 0 aliphatic carbocycles. The van der Waals surface area contributed by atoms with Crippen LogP contribution in [0.4, 0.5) is 0 Å². The van der Waals surface area contributed by atoms with Crippen LogP contribution in [-0.4, -0.2) is 10.2 Å². The Labute approximate surface area is 120 Å². The van der Waals surface area contributed by atoms with Crippen molar-refractivity contribution in [3.8, 4) is 11.5 Å². The number of rotatable bonds is 0. The van der Waals surface area contributed by atoms with Crippen LogP contribution < -0.4 is 0 Å². The summed E-state index contributed by atoms with van der Waals surface area (Å²) in [5.41, 5.74) is 0. The van der Waals surface area contributed by atoms with Crippen molar-refractivity contribution < 1.29 is 10.2 Å². The van der Waals surface area contributed by atoms with E-state index in [0.717, 1.165) is 0 Å². The fourth-order valence-corrected chi connectivity index (χ4v) is 0.856. The molecule has 0 heterocycles. The van der Waals surface area contributed by atoms with Crippen LogP contribution in [0, 0.1) is 0 Å². The molecule has 0 aliphatic heterocycles. The van der Waals surface area contributed by atoms with E-state index in [0.29, 0.717) is 11.5 Å². The van der Waals surface area contributed by atoms with E-state index in [-0.39, 0.29) is 37.2 Å². The van der Waals surface area contributed by atoms with Crippen LogP contribution in [-0.2, 0) is 0 Å². The Morgan fingerprint density at radius 1 is 0.471 bits per heavy atom. The predicted octanol–water partition coefficient (Wildman–Crippen LogP) is 4.05. The Morgan fingerprint density at radius 2 is 0.706 bits per heavy atom. The summed E-state index contributed by atoms with van der Waals surface area (Å²) in [4.78, 5) is 0. The molecule has 2 rings (SSSR count). The summed E-state index contributed by atoms with van der Waals surface area (Å²) in [5, 5.41) is 17.3. The lowest BCUT2D eigenvalue weighted by atomic mass is 10.3. The molecule has 0 aliphatic rings. The molecule has 0 atom stereocenters. The van der Waals surface area contributed by atoms with E-state index in [4.69, 9.17) is 10.2 Å². The molecule has 0 unspecified atom stereocenters. The molecule has 2 N–H and O–H groups in total. The number of phenolic OH excluding ortho intramolecular Hbond substituents is 2. The fraction of sp³-hybridized carbons (Fsp3) is 0. The zero-order valence-electron chi connectivity index (χ0n) is 8.89. The number of benzene rings is 2. The highest BCUT2D eigenvalue weighted by molar-refractivity contribution is 5.86. The average Bonchev–Trinajstić information content (AvgIpc) is 2.21. The third-order valence-electron chi connectivity index (χ3n) is 1.51. The van der Waals surface area contributed by atoms with E-state index < -0.39 is 0 Å². The third-order valence-corrected chi connectivity index (χ3v) is 1.51. The van der Waals surface area contributed by atoms with Gasteiger partial charge in [0.2, 0.25) is 0 Å². The summed E-state index contributed by atoms with van der Waals surface area (Å²) in [7, 11) is 0. The van der Waals surface area contributed by atoms with Crippen molar-refractivity contribution in [2.24, 2.45) is 0 Å². The maximum atomic E-state index is 8.63. The lowest BCUT2D eigenvalue weighted by molar-refractivity contribution is 0.475. The van der Waals surface area contributed by atoms with Gasteiger partial charge in [0.25, 0.3) is 0 Å². The van der Waals surface area contributed by atoms with Crippen molar-refractivity contribution in [1.82, 2.24) is 0 Å². The zero-order chi connectivity index (χ0) is 10.2. The summed E-state index contributed by atoms with van der Waals surface area (Å²) in [6.45, 7) is 0. The second-order valence-corrected chi connectivity index (χ2v) is 2.67. The lowest BCUT2D eigenvalue weighted by Crippen LogP contribution is -1.56. The first-order valence-corrected chi connectivity index (χ1v) is 4.27. The Kier molecular flexibility index (Phi) is 16.2. The summed E-state index contributed by atoms with van der Waals surface area (Å²) < 4.78 is 0. The lowest BCUT2D eigenvalue weighted by Gasteiger charge is -1.82. The van der Waals surface area contributed by atoms with Crippen LogP contribution in [0.15, 0.2) is 60.7 Å². The number of hydrogen-bond donors (Lipinski definition) is 2. The maximum Gasteiger partial charge on any atom is 0.115 e. The minimum Gasteiger partial charge on any atom is -0.508 e. The van der Waals surface area contributed by atoms with Crippen molar-refractivity contribution in [3.63, 3.8) is 0 Å². The standard InChI is InChI=1S/2C6H6O.3ClH/c2*7-6-4-2-1-3-5-6;;;/h2*1-5,7H;3*1H. The van der Waals surface area contributed by atoms with Crippen LogP contribution in [0.5, 0.6) is 11.5 Å². The number of para-hydroxylation sites is 2. The first-order valence-electron chi connectivity index (χ1n) is 4.27. The van der Waals surface area contributed by atoms with E-state index >= 15 is 0 Å². The Morgan fingerprint density at radius 3 is 0.824 bits per heavy atom. The molecular weight excluding hydrogens is 282 g/mol. The zero-order valence-corrected chi connectivity index (χ0v) is 11.3. The van der Waals surface area contributed by atoms with Gasteiger partial charge >= 0.3 is 0 Å². The Hall–Kier alpha value is -1.09. The molecule has 17 heavy (non-hydrogen) atoms. The highest BCUT2D eigenvalue weighted by Crippen LogP contribution is 2.03. The minimum atomic E-state index is 0. The van der Waals surface area contributed by atoms with Crippen molar-refractivity contribution in [2.45, 2.75) is 0 Å². The Balaban J connectivity index is -0.000000196. The first kappa shape index (κ1) is 21.2. The van der Waals surface area contributed by atoms with Crippen LogP contribution >= 0.6 is 37.2 Å². The van der Waals surface area contributed by atoms with E-state index in [2.05, 4.69) is 0 Å². The summed E-state index contributed by atoms with van der Waals surface area (Å²) in [6.07, 6.45) is 0. The summed E-state index contributed by atoms with van der Waals surface area (Å²) in [6, 6.07) is 17.4. The fourth-order valence-electron chi connectivity index (χ4n) is 0.856. The minimum absolute atomic E-state index is 0. The van der Waals surface area contributed by atoms with Gasteiger partial charge in [0.1, 0.15) is 11.5 Å². The second kappa shape index (κ2) is 13.0. The van der Waals surface area contributed by atoms with Gasteiger partial charge in [0, 0.05) is 0 Å². The van der Waals surface area contributed by atoms with Gasteiger partial charge in [0.05, 0.1) is 0 Å². The van der Waals surface area contributed by atoms with E-state index in [9.17, 15) is 0 Å². The van der Waals surface area contributed by atoms with Gasteiger partial charge in [0.15, 0.2) is 0 Å². The van der Waals surface area contributed by atoms with E-state index in [1.165, 1.54) is 0 Å². The van der Waals surface area contributed by atoms with Crippen LogP contribution in [0.1, 0.15) is 0 Å². The molecule has 2 aromatic carbocycles. The molecule has 2 nitrogen and oxygen atoms in total. The highest BCUT2D eigenvalue weighted by Gasteiger charge is 1.75. The molecular formula is C12H15Cl3O2. The quantitative estimate of drug-likeness (QED) is 0.770. The van der Waals surface area contributed by atoms with Gasteiger partial charge in [-0.15, -0.1) is 37.2 Å². The molecule has 0 fully saturated rings. The maximum absolute atomic E-state index is 8.63. The van der Waals surface area contributed by atoms with Crippen molar-refractivity contribution in [3.05, 3.63) is 60.7 Å². The number of phenols is 2. The predicted molar refractivity (Wildman–Crippen MR) is 78.0 cm³/mol. The molecule has 2 aromatic rings. The Bertz CT molecular complexity index is 317. The second-order valence-electron chi connectivity index (χ2n) is 2.67. The molecule has 96 valence electrons. The molecule has 0 saturated carbocycles. The molecule has 5 heteroatoms. The van der Waals surface area contributed by atoms with Crippen LogP contribution in [0.3, 0.4) is 0 Å². The summed E-state index contributed by atoms with van der Waals surface area (Å²) in [5.74, 6) is 0.644. The van der Waals surface area contributed by atoms with Gasteiger partial charge in [-0.25, -0.2) is 0 Å². The van der Waals surface area contributed by atoms with Gasteiger partial charge in [-0.2, -0.15) is 0 Å². The van der Waals surface area contributed by atoms with E-state index in [1.807, 2.05) is 12.1 Å². The topological polar surface area (TPSA) is 40.5 Å². The number of hydrogen-bond acceptors (Lipinski definition) is 2. The molecule has 0 bridgehead atoms. The van der Waals surface area contributed by atoms with Gasteiger partial charge in [-0.05, 0) is 24.3 Å². The van der Waals surface area contributed by atoms with Crippen molar-refractivity contribution >= 4 is 37.2 Å². The van der Waals surface area contributed by atoms with Gasteiger partial charge < -0.3 is 10.2 Å². The highest BCUT2D eigenvalue weighted by atomic mass is 35.5. The van der Waals surface area contributed by atoms with Crippen LogP contribution in [0.2, 0.25) is 0 Å². The van der Waals surface area contributed by atoms with Gasteiger partial charge in [-0.3, -0.25) is 0 Å². The largest absolute Gasteiger partial charge is 0.508 e. The first-order chi connectivity index (χ1) is 6.79. The third kappa shape index (κ3) is 11.2. The number of halogens is 3. The number of aromatic hydroxyl groups is 2. The monoisotopic (exact) mass is 296 g/mol. The molecule has 0 radical (unpaired) electrons. The van der Waals surface area contributed by atoms with E-state index in [1.54, 1.807) is 48.5 Å². The van der Waals surface area contributed by atoms with Crippen molar-refractivity contribution in [2.75, 3.05) is 0 Å². The molecule has 0 amide bonds. The molecule has 0 saturated heterocycles. The average molecular weight is 298 g/mol. The van der Waals surface area contributed by atoms with Gasteiger partial charge in [-0.1, -0.05) is 36.4 Å². The molecule has 0 spiro atoms. The van der Waals surface area contributed by atoms with Crippen molar-refractivity contribution in [1.29, 1.82) is 0 Å². The summed E-state index contributed by atoms with van der Waals surface area (Å²) >= 11 is 0. The van der Waals surface area contributed by atoms with Crippen LogP contribution in [0.25, 0.3) is 0 Å². The normalized spacial score (nSPS) is 7.06. The smallest absolute Gasteiger partial charge is 0.115 e.